The van der Waals surface area contributed by atoms with Crippen LogP contribution in [0.1, 0.15) is 22.3 Å². The van der Waals surface area contributed by atoms with Crippen molar-refractivity contribution in [1.82, 2.24) is 0 Å². The van der Waals surface area contributed by atoms with Gasteiger partial charge in [-0.1, -0.05) is 30.3 Å². The van der Waals surface area contributed by atoms with Gasteiger partial charge in [0.25, 0.3) is 0 Å². The zero-order valence-corrected chi connectivity index (χ0v) is 22.0. The highest BCUT2D eigenvalue weighted by molar-refractivity contribution is 14.1. The minimum atomic E-state index is -0.798. The van der Waals surface area contributed by atoms with Crippen molar-refractivity contribution in [2.75, 3.05) is 20.8 Å². The maximum Gasteiger partial charge on any atom is 0.222 e. The van der Waals surface area contributed by atoms with E-state index in [4.69, 9.17) is 27.1 Å². The third-order valence-corrected chi connectivity index (χ3v) is 5.94. The van der Waals surface area contributed by atoms with Gasteiger partial charge < -0.3 is 32.2 Å². The summed E-state index contributed by atoms with van der Waals surface area (Å²) in [5.41, 5.74) is 1.65. The van der Waals surface area contributed by atoms with Gasteiger partial charge in [0, 0.05) is 47.8 Å². The molecule has 2 aromatic rings. The summed E-state index contributed by atoms with van der Waals surface area (Å²) in [4.78, 5) is 11.4. The van der Waals surface area contributed by atoms with Crippen LogP contribution in [-0.4, -0.2) is 59.4 Å². The number of benzene rings is 2. The molecular weight excluding hydrogens is 646 g/mol. The van der Waals surface area contributed by atoms with Gasteiger partial charge >= 0.3 is 0 Å². The van der Waals surface area contributed by atoms with E-state index < -0.39 is 18.5 Å². The van der Waals surface area contributed by atoms with E-state index in [2.05, 4.69) is 0 Å². The largest absolute Gasteiger partial charge is 0.497 e. The summed E-state index contributed by atoms with van der Waals surface area (Å²) in [7, 11) is 3.08. The molecule has 2 N–H and O–H groups in total. The lowest BCUT2D eigenvalue weighted by Crippen LogP contribution is -2.50. The highest BCUT2D eigenvalue weighted by atomic mass is 127. The third-order valence-electron chi connectivity index (χ3n) is 4.66. The fraction of sp³-hybridized carbons (Fsp3) is 0.409. The van der Waals surface area contributed by atoms with E-state index in [0.29, 0.717) is 30.1 Å². The molecule has 0 saturated carbocycles. The molecule has 0 aromatic heterocycles. The lowest BCUT2D eigenvalue weighted by atomic mass is 10.0. The first-order chi connectivity index (χ1) is 15.4. The highest BCUT2D eigenvalue weighted by Gasteiger charge is 2.38. The SMILES string of the molecule is CO[C@@H]1CC(OI)[C@H](O)C(CO)O1.COc1cc(OCc2ccccc2)cc(C(=O)I)c1. The Morgan fingerprint density at radius 2 is 1.84 bits per heavy atom. The quantitative estimate of drug-likeness (QED) is 0.324. The van der Waals surface area contributed by atoms with Gasteiger partial charge in [-0.05, 0) is 17.7 Å². The summed E-state index contributed by atoms with van der Waals surface area (Å²) in [5, 5.41) is 18.5. The van der Waals surface area contributed by atoms with Gasteiger partial charge in [0.05, 0.1) is 13.7 Å². The van der Waals surface area contributed by atoms with Crippen molar-refractivity contribution >= 4 is 49.4 Å². The van der Waals surface area contributed by atoms with Crippen molar-refractivity contribution in [3.05, 3.63) is 59.7 Å². The maximum absolute atomic E-state index is 11.4. The second kappa shape index (κ2) is 14.3. The smallest absolute Gasteiger partial charge is 0.222 e. The molecule has 1 saturated heterocycles. The van der Waals surface area contributed by atoms with E-state index in [9.17, 15) is 9.90 Å². The zero-order chi connectivity index (χ0) is 23.5. The first-order valence-electron chi connectivity index (χ1n) is 9.72. The predicted octanol–water partition coefficient (Wildman–Crippen LogP) is 3.69. The second-order valence-electron chi connectivity index (χ2n) is 6.82. The monoisotopic (exact) mass is 672 g/mol. The molecule has 0 spiro atoms. The number of aliphatic hydroxyl groups excluding tert-OH is 2. The Bertz CT molecular complexity index is 822. The van der Waals surface area contributed by atoms with Gasteiger partial charge in [-0.2, -0.15) is 0 Å². The van der Waals surface area contributed by atoms with Crippen LogP contribution in [0.25, 0.3) is 0 Å². The number of carbonyl (C=O) groups excluding carboxylic acids is 1. The summed E-state index contributed by atoms with van der Waals surface area (Å²) in [6, 6.07) is 15.1. The summed E-state index contributed by atoms with van der Waals surface area (Å²) in [6.07, 6.45) is -1.72. The van der Waals surface area contributed by atoms with Gasteiger partial charge in [-0.15, -0.1) is 0 Å². The molecule has 3 rings (SSSR count). The molecule has 0 radical (unpaired) electrons. The normalized spacial score (nSPS) is 22.4. The molecule has 4 atom stereocenters. The Morgan fingerprint density at radius 3 is 2.41 bits per heavy atom. The van der Waals surface area contributed by atoms with Gasteiger partial charge in [0.15, 0.2) is 6.29 Å². The van der Waals surface area contributed by atoms with Crippen LogP contribution in [0.4, 0.5) is 0 Å². The predicted molar refractivity (Wildman–Crippen MR) is 134 cm³/mol. The highest BCUT2D eigenvalue weighted by Crippen LogP contribution is 2.25. The number of methoxy groups -OCH3 is 2. The molecule has 1 heterocycles. The van der Waals surface area contributed by atoms with Crippen LogP contribution < -0.4 is 9.47 Å². The Balaban J connectivity index is 0.000000244. The summed E-state index contributed by atoms with van der Waals surface area (Å²) in [5.74, 6) is 1.24. The average molecular weight is 672 g/mol. The molecule has 1 aliphatic heterocycles. The number of aliphatic hydroxyl groups is 2. The summed E-state index contributed by atoms with van der Waals surface area (Å²) >= 11 is 3.47. The van der Waals surface area contributed by atoms with E-state index in [0.717, 1.165) is 5.56 Å². The van der Waals surface area contributed by atoms with Crippen LogP contribution in [0.3, 0.4) is 0 Å². The van der Waals surface area contributed by atoms with Gasteiger partial charge in [0.2, 0.25) is 3.79 Å². The molecule has 0 bridgehead atoms. The van der Waals surface area contributed by atoms with Gasteiger partial charge in [0.1, 0.15) is 59.4 Å². The number of ether oxygens (including phenoxy) is 4. The van der Waals surface area contributed by atoms with Crippen molar-refractivity contribution < 1.29 is 37.0 Å². The molecular formula is C22H26I2O8. The zero-order valence-electron chi connectivity index (χ0n) is 17.6. The van der Waals surface area contributed by atoms with E-state index >= 15 is 0 Å². The first-order valence-corrected chi connectivity index (χ1v) is 11.7. The van der Waals surface area contributed by atoms with Crippen LogP contribution in [0.2, 0.25) is 0 Å². The third kappa shape index (κ3) is 8.39. The molecule has 1 aliphatic rings. The van der Waals surface area contributed by atoms with Gasteiger partial charge in [-0.25, -0.2) is 0 Å². The van der Waals surface area contributed by atoms with Crippen molar-refractivity contribution in [3.63, 3.8) is 0 Å². The van der Waals surface area contributed by atoms with Crippen LogP contribution >= 0.6 is 45.6 Å². The molecule has 32 heavy (non-hydrogen) atoms. The molecule has 2 aromatic carbocycles. The van der Waals surface area contributed by atoms with Crippen LogP contribution in [-0.2, 0) is 19.1 Å². The number of hydrogen-bond acceptors (Lipinski definition) is 8. The van der Waals surface area contributed by atoms with Crippen molar-refractivity contribution in [2.24, 2.45) is 0 Å². The van der Waals surface area contributed by atoms with Crippen molar-refractivity contribution in [3.8, 4) is 11.5 Å². The minimum Gasteiger partial charge on any atom is -0.497 e. The fourth-order valence-corrected chi connectivity index (χ4v) is 3.74. The lowest BCUT2D eigenvalue weighted by molar-refractivity contribution is -0.241. The summed E-state index contributed by atoms with van der Waals surface area (Å²) in [6.45, 7) is 0.223. The minimum absolute atomic E-state index is 0.0407. The Hall–Kier alpha value is -1.03. The Morgan fingerprint density at radius 1 is 1.16 bits per heavy atom. The molecule has 0 aliphatic carbocycles. The van der Waals surface area contributed by atoms with E-state index in [-0.39, 0.29) is 16.5 Å². The average Bonchev–Trinajstić information content (AvgIpc) is 2.83. The van der Waals surface area contributed by atoms with Crippen molar-refractivity contribution in [1.29, 1.82) is 0 Å². The number of hydrogen-bond donors (Lipinski definition) is 2. The Labute approximate surface area is 215 Å². The molecule has 2 unspecified atom stereocenters. The Kier molecular flexibility index (Phi) is 12.1. The standard InChI is InChI=1S/C15H13IO3.C7H13IO5/c1-18-13-7-12(15(16)17)8-14(9-13)19-10-11-5-3-2-4-6-11;1-11-6-2-4(13-8)7(10)5(3-9)12-6/h2-9H,10H2,1H3;4-7,9-10H,2-3H2,1H3/t;4?,5?,6-,7-/m.0/s1. The summed E-state index contributed by atoms with van der Waals surface area (Å²) < 4.78 is 26.0. The molecule has 1 fully saturated rings. The lowest BCUT2D eigenvalue weighted by Gasteiger charge is -2.36. The molecule has 0 amide bonds. The maximum atomic E-state index is 11.4. The van der Waals surface area contributed by atoms with E-state index in [1.54, 1.807) is 70.9 Å². The second-order valence-corrected chi connectivity index (χ2v) is 8.31. The topological polar surface area (TPSA) is 104 Å². The van der Waals surface area contributed by atoms with Crippen LogP contribution in [0.15, 0.2) is 48.5 Å². The van der Waals surface area contributed by atoms with Crippen LogP contribution in [0.5, 0.6) is 11.5 Å². The van der Waals surface area contributed by atoms with Gasteiger partial charge in [-0.3, -0.25) is 4.79 Å². The number of carbonyl (C=O) groups is 1. The van der Waals surface area contributed by atoms with Crippen LogP contribution in [0, 0.1) is 0 Å². The number of halogens is 2. The van der Waals surface area contributed by atoms with Crippen molar-refractivity contribution in [2.45, 2.75) is 37.6 Å². The van der Waals surface area contributed by atoms with E-state index in [1.165, 1.54) is 7.11 Å². The fourth-order valence-electron chi connectivity index (χ4n) is 2.92. The molecule has 10 heteroatoms. The molecule has 8 nitrogen and oxygen atoms in total. The van der Waals surface area contributed by atoms with E-state index in [1.807, 2.05) is 30.3 Å². The number of rotatable bonds is 8. The first kappa shape index (κ1) is 27.2. The molecule has 176 valence electrons.